The number of amides is 12. The molecule has 0 spiro atoms. The molecule has 2 aromatic carbocycles. The van der Waals surface area contributed by atoms with Crippen LogP contribution in [0.2, 0.25) is 0 Å². The van der Waals surface area contributed by atoms with Crippen molar-refractivity contribution >= 4 is 99.7 Å². The van der Waals surface area contributed by atoms with Gasteiger partial charge in [-0.15, -0.1) is 0 Å². The van der Waals surface area contributed by atoms with Gasteiger partial charge in [0.2, 0.25) is 70.9 Å². The number of para-hydroxylation sites is 1. The fourth-order valence-electron chi connectivity index (χ4n) is 11.4. The first kappa shape index (κ1) is 81.2. The third-order valence-electron chi connectivity index (χ3n) is 16.7. The number of benzene rings is 2. The number of aliphatic hydroxyl groups excluding tert-OH is 2. The van der Waals surface area contributed by atoms with E-state index in [9.17, 15) is 67.7 Å². The number of primary amides is 2. The molecule has 36 heteroatoms. The average Bonchev–Trinajstić information content (AvgIpc) is 1.75. The molecule has 2 fully saturated rings. The minimum absolute atomic E-state index is 0.00127. The van der Waals surface area contributed by atoms with Crippen LogP contribution in [0.1, 0.15) is 128 Å². The number of carbonyl (C=O) groups is 13. The lowest BCUT2D eigenvalue weighted by Crippen LogP contribution is -2.61. The topological polar surface area (TPSA) is 592 Å². The number of aromatic nitrogens is 1. The normalized spacial score (nSPS) is 21.1. The zero-order chi connectivity index (χ0) is 74.1. The van der Waals surface area contributed by atoms with Gasteiger partial charge in [-0.2, -0.15) is 5.48 Å². The number of hydrogen-bond donors (Lipinski definition) is 19. The number of guanidine groups is 2. The summed E-state index contributed by atoms with van der Waals surface area (Å²) in [6, 6.07) is 0.652. The van der Waals surface area contributed by atoms with E-state index < -0.39 is 176 Å². The highest BCUT2D eigenvalue weighted by Crippen LogP contribution is 2.23. The van der Waals surface area contributed by atoms with Gasteiger partial charge in [0.25, 0.3) is 0 Å². The maximum atomic E-state index is 15.1. The number of fused-ring (bicyclic) bond motifs is 2. The Hall–Kier alpha value is -10.5. The van der Waals surface area contributed by atoms with Crippen LogP contribution in [-0.4, -0.2) is 208 Å². The van der Waals surface area contributed by atoms with Crippen LogP contribution in [-0.2, 0) is 80.0 Å². The molecule has 12 amide bonds. The number of aliphatic hydroxyl groups is 2. The lowest BCUT2D eigenvalue weighted by molar-refractivity contribution is -0.152. The zero-order valence-electron chi connectivity index (χ0n) is 56.8. The maximum absolute atomic E-state index is 15.1. The molecule has 2 saturated heterocycles. The number of nitrogens with one attached hydrogen (secondary N) is 11. The maximum Gasteiger partial charge on any atom is 0.324 e. The standard InChI is InChI=1S/C65H98N20O16/c1-3-4-18-43(80-61(98)50(35-86)84-57(94)44(21-10-12-27-72-64(68)69)78-58(95)46(76-36(2)87)23-25-52(66)89)55(92)81-47-24-26-53(90)101-75-29-13-11-20-42(54(67)91)77-60(97)49(31-38-33-74-41-19-9-8-17-40(38)41)82-56(93)45(22-14-28-73-65(70)71)79-59(96)48(30-37-15-6-5-7-16-37)83-62(99)51-32-39(88)34-85(51)63(47)100/h5-9,15-17,19,33,39,42-51,74-75,86,88H,3-4,10-14,18,20-32,34-35H2,1-2H3,(H2,66,89)(H2,67,91)(H,76,87)(H,77,97)(H,78,95)(H,79,96)(H,80,98)(H,81,92)(H,82,93)(H,83,99)(H,84,94)(H4,68,69,72)(H4,70,71,73)/t39?,42-,43-,44-,45-,46-,47-,48+,49-,50-,51-/m0/s1. The van der Waals surface area contributed by atoms with Gasteiger partial charge < -0.3 is 107 Å². The molecule has 25 N–H and O–H groups in total. The van der Waals surface area contributed by atoms with Crippen molar-refractivity contribution in [3.05, 3.63) is 71.9 Å². The van der Waals surface area contributed by atoms with E-state index in [1.54, 1.807) is 55.6 Å². The molecule has 11 atom stereocenters. The van der Waals surface area contributed by atoms with Gasteiger partial charge in [0, 0.05) is 82.3 Å². The van der Waals surface area contributed by atoms with E-state index in [-0.39, 0.29) is 115 Å². The quantitative estimate of drug-likeness (QED) is 0.0168. The van der Waals surface area contributed by atoms with Crippen molar-refractivity contribution in [1.82, 2.24) is 63.2 Å². The van der Waals surface area contributed by atoms with Crippen LogP contribution in [0, 0.1) is 0 Å². The van der Waals surface area contributed by atoms with E-state index in [1.807, 2.05) is 12.1 Å². The van der Waals surface area contributed by atoms with Gasteiger partial charge in [0.05, 0.1) is 12.7 Å². The lowest BCUT2D eigenvalue weighted by Gasteiger charge is -2.31. The molecular weight excluding hydrogens is 1320 g/mol. The van der Waals surface area contributed by atoms with E-state index in [0.29, 0.717) is 24.0 Å². The molecule has 0 bridgehead atoms. The summed E-state index contributed by atoms with van der Waals surface area (Å²) in [7, 11) is 0. The summed E-state index contributed by atoms with van der Waals surface area (Å²) in [5.74, 6) is -12.2. The fraction of sp³-hybridized carbons (Fsp3) is 0.554. The zero-order valence-corrected chi connectivity index (χ0v) is 56.8. The van der Waals surface area contributed by atoms with Crippen LogP contribution in [0.25, 0.3) is 10.9 Å². The number of hydroxylamine groups is 1. The highest BCUT2D eigenvalue weighted by Gasteiger charge is 2.44. The molecule has 2 aliphatic rings. The summed E-state index contributed by atoms with van der Waals surface area (Å²) in [6.45, 7) is 1.48. The number of aliphatic imine (C=N–C) groups is 2. The number of hydrogen-bond acceptors (Lipinski definition) is 19. The molecule has 36 nitrogen and oxygen atoms in total. The van der Waals surface area contributed by atoms with Gasteiger partial charge >= 0.3 is 5.97 Å². The van der Waals surface area contributed by atoms with Crippen molar-refractivity contribution in [2.75, 3.05) is 32.8 Å². The average molecular weight is 1420 g/mol. The summed E-state index contributed by atoms with van der Waals surface area (Å²) >= 11 is 0. The van der Waals surface area contributed by atoms with Crippen LogP contribution < -0.4 is 87.7 Å². The first-order chi connectivity index (χ1) is 48.2. The molecule has 554 valence electrons. The molecule has 5 rings (SSSR count). The Kier molecular flexibility index (Phi) is 33.6. The fourth-order valence-corrected chi connectivity index (χ4v) is 11.4. The van der Waals surface area contributed by atoms with Gasteiger partial charge in [-0.05, 0) is 87.8 Å². The molecule has 0 radical (unpaired) electrons. The third kappa shape index (κ3) is 27.6. The van der Waals surface area contributed by atoms with E-state index in [4.69, 9.17) is 39.2 Å². The van der Waals surface area contributed by atoms with Gasteiger partial charge in [0.15, 0.2) is 11.9 Å². The molecule has 0 saturated carbocycles. The Labute approximate surface area is 583 Å². The number of nitrogens with zero attached hydrogens (tertiary/aromatic N) is 3. The Bertz CT molecular complexity index is 3400. The van der Waals surface area contributed by atoms with Crippen molar-refractivity contribution in [2.45, 2.75) is 196 Å². The van der Waals surface area contributed by atoms with Crippen LogP contribution in [0.15, 0.2) is 70.8 Å². The molecule has 0 aliphatic carbocycles. The molecule has 3 aromatic rings. The Morgan fingerprint density at radius 3 is 1.89 bits per heavy atom. The van der Waals surface area contributed by atoms with Gasteiger partial charge in [-0.3, -0.25) is 72.3 Å². The first-order valence-electron chi connectivity index (χ1n) is 33.7. The second kappa shape index (κ2) is 41.8. The van der Waals surface area contributed by atoms with E-state index in [1.165, 1.54) is 0 Å². The van der Waals surface area contributed by atoms with E-state index in [2.05, 4.69) is 68.3 Å². The van der Waals surface area contributed by atoms with Gasteiger partial charge in [0.1, 0.15) is 60.4 Å². The predicted molar refractivity (Wildman–Crippen MR) is 367 cm³/mol. The van der Waals surface area contributed by atoms with Crippen molar-refractivity contribution in [2.24, 2.45) is 44.4 Å². The van der Waals surface area contributed by atoms with Crippen LogP contribution in [0.5, 0.6) is 0 Å². The summed E-state index contributed by atoms with van der Waals surface area (Å²) in [5, 5.41) is 45.9. The number of aromatic amines is 1. The number of unbranched alkanes of at least 4 members (excludes halogenated alkanes) is 2. The summed E-state index contributed by atoms with van der Waals surface area (Å²) in [6.07, 6.45) is -0.616. The first-order valence-corrected chi connectivity index (χ1v) is 33.7. The SMILES string of the molecule is CCCC[C@H](NC(=O)[C@H](CO)NC(=O)[C@H](CCCCN=C(N)N)NC(=O)[C@H](CCC(N)=O)NC(C)=O)C(=O)N[C@H]1CCC(=O)ONCCCC[C@@H](C(N)=O)NC(=O)[C@H](Cc2c[nH]c3ccccc23)NC(=O)[C@H](CCCN=C(N)N)NC(=O)[C@@H](Cc2ccccc2)NC(=O)[C@@H]2CC(O)CN2C1=O. The van der Waals surface area contributed by atoms with Crippen molar-refractivity contribution < 1.29 is 77.4 Å². The van der Waals surface area contributed by atoms with Crippen molar-refractivity contribution in [1.29, 1.82) is 0 Å². The molecule has 1 aromatic heterocycles. The minimum atomic E-state index is -1.79. The number of H-pyrrole nitrogens is 1. The Morgan fingerprint density at radius 1 is 0.653 bits per heavy atom. The van der Waals surface area contributed by atoms with Gasteiger partial charge in [-0.25, -0.2) is 0 Å². The Morgan fingerprint density at radius 2 is 1.24 bits per heavy atom. The summed E-state index contributed by atoms with van der Waals surface area (Å²) < 4.78 is 0. The summed E-state index contributed by atoms with van der Waals surface area (Å²) in [5.41, 5.74) is 37.6. The second-order valence-corrected chi connectivity index (χ2v) is 24.8. The van der Waals surface area contributed by atoms with Crippen LogP contribution >= 0.6 is 0 Å². The molecular formula is C65H98N20O16. The summed E-state index contributed by atoms with van der Waals surface area (Å²) in [4.78, 5) is 198. The van der Waals surface area contributed by atoms with Gasteiger partial charge in [-0.1, -0.05) is 68.3 Å². The second-order valence-electron chi connectivity index (χ2n) is 24.8. The predicted octanol–water partition coefficient (Wildman–Crippen LogP) is -5.26. The van der Waals surface area contributed by atoms with Crippen LogP contribution in [0.4, 0.5) is 0 Å². The smallest absolute Gasteiger partial charge is 0.324 e. The van der Waals surface area contributed by atoms with E-state index >= 15 is 4.79 Å². The minimum Gasteiger partial charge on any atom is -0.394 e. The van der Waals surface area contributed by atoms with Crippen molar-refractivity contribution in [3.8, 4) is 0 Å². The molecule has 101 heavy (non-hydrogen) atoms. The number of nitrogens with two attached hydrogens (primary N) is 6. The molecule has 2 aliphatic heterocycles. The largest absolute Gasteiger partial charge is 0.394 e. The highest BCUT2D eigenvalue weighted by molar-refractivity contribution is 6.00. The number of rotatable bonds is 30. The monoisotopic (exact) mass is 1410 g/mol. The lowest BCUT2D eigenvalue weighted by atomic mass is 10.0. The Balaban J connectivity index is 1.48. The highest BCUT2D eigenvalue weighted by atomic mass is 16.7. The molecule has 3 heterocycles. The third-order valence-corrected chi connectivity index (χ3v) is 16.7. The van der Waals surface area contributed by atoms with E-state index in [0.717, 1.165) is 22.7 Å². The number of carbonyl (C=O) groups excluding carboxylic acids is 13. The molecule has 1 unspecified atom stereocenters. The van der Waals surface area contributed by atoms with Crippen molar-refractivity contribution in [3.63, 3.8) is 0 Å². The van der Waals surface area contributed by atoms with Crippen LogP contribution in [0.3, 0.4) is 0 Å².